The van der Waals surface area contributed by atoms with Crippen LogP contribution in [0.15, 0.2) is 30.3 Å². The van der Waals surface area contributed by atoms with Crippen molar-refractivity contribution in [2.24, 2.45) is 0 Å². The maximum atomic E-state index is 13.4. The summed E-state index contributed by atoms with van der Waals surface area (Å²) in [6, 6.07) is 6.24. The molecule has 0 spiro atoms. The second-order valence-corrected chi connectivity index (χ2v) is 8.67. The molecule has 2 N–H and O–H groups in total. The molecule has 0 aromatic heterocycles. The maximum absolute atomic E-state index is 13.4. The van der Waals surface area contributed by atoms with E-state index in [4.69, 9.17) is 19.5 Å². The molecule has 0 aliphatic rings. The predicted molar refractivity (Wildman–Crippen MR) is 160 cm³/mol. The topological polar surface area (TPSA) is 86.6 Å². The molecule has 0 unspecified atom stereocenters. The molecule has 0 atom stereocenters. The minimum atomic E-state index is -2.03. The quantitative estimate of drug-likeness (QED) is 0.138. The molecule has 2 aromatic carbocycles. The van der Waals surface area contributed by atoms with Gasteiger partial charge in [-0.3, -0.25) is 0 Å². The Labute approximate surface area is 268 Å². The smallest absolute Gasteiger partial charge is 0.490 e. The molecule has 0 saturated carbocycles. The Kier molecular flexibility index (Phi) is 32.2. The third kappa shape index (κ3) is 21.6. The van der Waals surface area contributed by atoms with Crippen LogP contribution in [0.4, 0.5) is 17.6 Å². The zero-order chi connectivity index (χ0) is 32.3. The first-order valence-corrected chi connectivity index (χ1v) is 14.0. The first-order valence-electron chi connectivity index (χ1n) is 14.0. The third-order valence-electron chi connectivity index (χ3n) is 5.21. The molecule has 2 aromatic rings. The molecule has 43 heavy (non-hydrogen) atoms. The Balaban J connectivity index is -0.000000552. The second-order valence-electron chi connectivity index (χ2n) is 8.67. The van der Waals surface area contributed by atoms with Crippen LogP contribution in [0.5, 0.6) is 11.5 Å². The van der Waals surface area contributed by atoms with Gasteiger partial charge >= 0.3 is 33.3 Å². The van der Waals surface area contributed by atoms with Crippen LogP contribution in [0.1, 0.15) is 72.1 Å². The van der Waals surface area contributed by atoms with Crippen LogP contribution < -0.4 is 33.8 Å². The van der Waals surface area contributed by atoms with Crippen LogP contribution in [0, 0.1) is 30.2 Å². The summed E-state index contributed by atoms with van der Waals surface area (Å²) in [5.41, 5.74) is -0.497. The van der Waals surface area contributed by atoms with Gasteiger partial charge in [-0.25, -0.2) is 8.78 Å². The van der Waals surface area contributed by atoms with E-state index in [0.717, 1.165) is 57.1 Å². The fraction of sp³-hybridized carbons (Fsp3) is 0.552. The molecule has 240 valence electrons. The fourth-order valence-corrected chi connectivity index (χ4v) is 2.81. The van der Waals surface area contributed by atoms with Crippen molar-refractivity contribution in [3.8, 4) is 11.5 Å². The van der Waals surface area contributed by atoms with Crippen LogP contribution in [0.2, 0.25) is 0 Å². The molecule has 0 aliphatic carbocycles. The van der Waals surface area contributed by atoms with Crippen LogP contribution in [0.3, 0.4) is 0 Å². The number of hydrogen-bond acceptors (Lipinski definition) is 7. The summed E-state index contributed by atoms with van der Waals surface area (Å²) in [7, 11) is 1.99. The van der Waals surface area contributed by atoms with E-state index in [-0.39, 0.29) is 30.4 Å². The van der Waals surface area contributed by atoms with Crippen LogP contribution in [-0.4, -0.2) is 59.0 Å². The van der Waals surface area contributed by atoms with Crippen molar-refractivity contribution < 1.29 is 69.9 Å². The summed E-state index contributed by atoms with van der Waals surface area (Å²) < 4.78 is 76.4. The average molecular weight is 612 g/mol. The number of hydrogen-bond donors (Lipinski definition) is 2. The van der Waals surface area contributed by atoms with Crippen LogP contribution in [-0.2, 0) is 14.0 Å². The van der Waals surface area contributed by atoms with E-state index in [1.54, 1.807) is 0 Å². The Morgan fingerprint density at radius 2 is 1.14 bits per heavy atom. The minimum Gasteiger partial charge on any atom is -0.490 e. The predicted octanol–water partition coefficient (Wildman–Crippen LogP) is 3.28. The molecule has 0 heterocycles. The summed E-state index contributed by atoms with van der Waals surface area (Å²) >= 11 is 0. The van der Waals surface area contributed by atoms with E-state index < -0.39 is 43.2 Å². The molecule has 14 heteroatoms. The van der Waals surface area contributed by atoms with Crippen molar-refractivity contribution in [1.82, 2.24) is 0 Å². The van der Waals surface area contributed by atoms with Gasteiger partial charge in [-0.15, -0.1) is 0 Å². The van der Waals surface area contributed by atoms with Gasteiger partial charge in [0, 0.05) is 26.8 Å². The molecule has 2 rings (SSSR count). The first kappa shape index (κ1) is 45.7. The molecule has 0 aliphatic heterocycles. The van der Waals surface area contributed by atoms with Crippen LogP contribution >= 0.6 is 0 Å². The van der Waals surface area contributed by atoms with Crippen molar-refractivity contribution in [2.75, 3.05) is 34.5 Å². The molecular formula is C29H47B2F4LiO7. The van der Waals surface area contributed by atoms with Crippen molar-refractivity contribution in [3.05, 3.63) is 60.5 Å². The van der Waals surface area contributed by atoms with Gasteiger partial charge in [-0.1, -0.05) is 65.0 Å². The number of halogens is 4. The monoisotopic (exact) mass is 612 g/mol. The van der Waals surface area contributed by atoms with Crippen molar-refractivity contribution in [3.63, 3.8) is 0 Å². The van der Waals surface area contributed by atoms with Gasteiger partial charge in [0.2, 0.25) is 5.82 Å². The number of benzene rings is 2. The van der Waals surface area contributed by atoms with Gasteiger partial charge in [0.05, 0.1) is 13.2 Å². The maximum Gasteiger partial charge on any atom is 1.00 e. The van der Waals surface area contributed by atoms with Gasteiger partial charge in [0.25, 0.3) is 0 Å². The van der Waals surface area contributed by atoms with Gasteiger partial charge in [0.15, 0.2) is 29.0 Å². The molecule has 0 saturated heterocycles. The summed E-state index contributed by atoms with van der Waals surface area (Å²) in [6.07, 6.45) is 7.99. The van der Waals surface area contributed by atoms with Gasteiger partial charge in [0.1, 0.15) is 0 Å². The SMILES string of the molecule is CCCCCOc1ccc(B(O)O)c(F)c1F.CCCCCOc1cccc(F)c1F.COB(OC)OC.[CH2-]CCC.[Li+]. The van der Waals surface area contributed by atoms with Gasteiger partial charge in [-0.05, 0) is 31.0 Å². The summed E-state index contributed by atoms with van der Waals surface area (Å²) in [4.78, 5) is 0. The molecule has 0 bridgehead atoms. The van der Waals surface area contributed by atoms with Crippen molar-refractivity contribution in [2.45, 2.75) is 72.1 Å². The van der Waals surface area contributed by atoms with Crippen LogP contribution in [0.25, 0.3) is 0 Å². The van der Waals surface area contributed by atoms with E-state index in [1.165, 1.54) is 45.9 Å². The Morgan fingerprint density at radius 1 is 0.674 bits per heavy atom. The number of rotatable bonds is 15. The van der Waals surface area contributed by atoms with E-state index in [0.29, 0.717) is 13.2 Å². The normalized spacial score (nSPS) is 9.60. The van der Waals surface area contributed by atoms with Gasteiger partial charge in [-0.2, -0.15) is 15.2 Å². The van der Waals surface area contributed by atoms with E-state index >= 15 is 0 Å². The minimum absolute atomic E-state index is 0. The van der Waals surface area contributed by atoms with Crippen molar-refractivity contribution in [1.29, 1.82) is 0 Å². The molecule has 0 amide bonds. The zero-order valence-corrected chi connectivity index (χ0v) is 26.8. The number of unbranched alkanes of at least 4 members (excludes halogenated alkanes) is 5. The van der Waals surface area contributed by atoms with Crippen molar-refractivity contribution >= 4 is 19.9 Å². The molecule has 7 nitrogen and oxygen atoms in total. The van der Waals surface area contributed by atoms with E-state index in [9.17, 15) is 17.6 Å². The summed E-state index contributed by atoms with van der Waals surface area (Å²) in [5, 5.41) is 17.5. The summed E-state index contributed by atoms with van der Waals surface area (Å²) in [5.74, 6) is -4.44. The molecule has 0 radical (unpaired) electrons. The average Bonchev–Trinajstić information content (AvgIpc) is 2.99. The fourth-order valence-electron chi connectivity index (χ4n) is 2.81. The molecular weight excluding hydrogens is 565 g/mol. The summed E-state index contributed by atoms with van der Waals surface area (Å²) in [6.45, 7) is 10.6. The largest absolute Gasteiger partial charge is 1.00 e. The third-order valence-corrected chi connectivity index (χ3v) is 5.21. The van der Waals surface area contributed by atoms with E-state index in [1.807, 2.05) is 6.92 Å². The Bertz CT molecular complexity index is 923. The number of ether oxygens (including phenoxy) is 2. The Hall–Kier alpha value is -1.71. The molecule has 0 fully saturated rings. The van der Waals surface area contributed by atoms with E-state index in [2.05, 4.69) is 34.7 Å². The standard InChI is InChI=1S/C11H15BF2O3.C11H14F2O.C4H9.C3H9BO3.Li/c1-2-3-4-7-17-9-6-5-8(12(15)16)10(13)11(9)14;1-2-3-4-8-14-10-7-5-6-9(12)11(10)13;1-3-4-2;1-5-4(6-2)7-3;/h5-6,15-16H,2-4,7H2,1H3;5-7H,2-4,8H2,1H3;1,3-4H2,2H3;1-3H3;/q;;-1;;+1. The zero-order valence-electron chi connectivity index (χ0n) is 26.8. The first-order chi connectivity index (χ1) is 20.1. The van der Waals surface area contributed by atoms with Gasteiger partial charge < -0.3 is 40.4 Å². The second kappa shape index (κ2) is 30.3. The Morgan fingerprint density at radius 3 is 1.51 bits per heavy atom.